The second-order valence-corrected chi connectivity index (χ2v) is 12.4. The zero-order valence-corrected chi connectivity index (χ0v) is 24.8. The first kappa shape index (κ1) is 29.2. The molecule has 4 heterocycles. The molecule has 1 saturated heterocycles. The number of imide groups is 1. The first-order chi connectivity index (χ1) is 18.3. The number of ether oxygens (including phenoxy) is 3. The van der Waals surface area contributed by atoms with E-state index in [0.29, 0.717) is 48.9 Å². The number of carbonyl (C=O) groups excluding carboxylic acids is 2. The van der Waals surface area contributed by atoms with Gasteiger partial charge < -0.3 is 29.6 Å². The van der Waals surface area contributed by atoms with E-state index in [0.717, 1.165) is 21.4 Å². The highest BCUT2D eigenvalue weighted by Gasteiger charge is 2.36. The minimum Gasteiger partial charge on any atom is -0.464 e. The summed E-state index contributed by atoms with van der Waals surface area (Å²) < 4.78 is 17.5. The quantitative estimate of drug-likeness (QED) is 0.392. The maximum absolute atomic E-state index is 12.8. The molecule has 2 aromatic heterocycles. The van der Waals surface area contributed by atoms with Crippen molar-refractivity contribution < 1.29 is 33.7 Å². The fraction of sp³-hybridized carbons (Fsp3) is 0.577. The standard InChI is InChI=1S/C26H34IN5O7/c1-25(2,3)39-24(36)32(23(34)35)22-28-7-6-17(31-22)26(4,5)11-16-19(27)18-20(30-16)14(12-29-21(18)33)10-15-13-37-8-9-38-15/h6-7,14-15,30H,8-13H2,1-5H3,(H,29,33)(H,34,35). The maximum atomic E-state index is 12.8. The Morgan fingerprint density at radius 3 is 2.64 bits per heavy atom. The zero-order valence-electron chi connectivity index (χ0n) is 22.7. The number of rotatable bonds is 6. The molecule has 2 atom stereocenters. The molecule has 39 heavy (non-hydrogen) atoms. The van der Waals surface area contributed by atoms with Crippen LogP contribution in [0.3, 0.4) is 0 Å². The van der Waals surface area contributed by atoms with Crippen molar-refractivity contribution in [2.24, 2.45) is 0 Å². The molecule has 0 aliphatic carbocycles. The van der Waals surface area contributed by atoms with E-state index in [1.807, 2.05) is 13.8 Å². The molecule has 0 aromatic carbocycles. The molecule has 212 valence electrons. The summed E-state index contributed by atoms with van der Waals surface area (Å²) >= 11 is 2.19. The summed E-state index contributed by atoms with van der Waals surface area (Å²) in [5.41, 5.74) is 1.41. The number of carbonyl (C=O) groups is 3. The third kappa shape index (κ3) is 6.69. The van der Waals surface area contributed by atoms with E-state index in [1.165, 1.54) is 6.20 Å². The normalized spacial score (nSPS) is 19.7. The highest BCUT2D eigenvalue weighted by Crippen LogP contribution is 2.36. The van der Waals surface area contributed by atoms with Crippen LogP contribution in [0.4, 0.5) is 15.5 Å². The highest BCUT2D eigenvalue weighted by molar-refractivity contribution is 14.1. The van der Waals surface area contributed by atoms with Crippen molar-refractivity contribution in [2.45, 2.75) is 70.5 Å². The van der Waals surface area contributed by atoms with Crippen molar-refractivity contribution in [3.05, 3.63) is 38.5 Å². The number of anilines is 1. The lowest BCUT2D eigenvalue weighted by Gasteiger charge is -2.29. The number of hydrogen-bond donors (Lipinski definition) is 3. The second kappa shape index (κ2) is 11.4. The molecule has 3 amide bonds. The minimum atomic E-state index is -1.55. The summed E-state index contributed by atoms with van der Waals surface area (Å²) in [5, 5.41) is 12.7. The summed E-state index contributed by atoms with van der Waals surface area (Å²) in [6, 6.07) is 1.68. The monoisotopic (exact) mass is 655 g/mol. The number of carboxylic acid groups (broad SMARTS) is 1. The van der Waals surface area contributed by atoms with Crippen molar-refractivity contribution in [3.8, 4) is 0 Å². The number of aromatic nitrogens is 3. The molecule has 2 aromatic rings. The van der Waals surface area contributed by atoms with Gasteiger partial charge in [0.05, 0.1) is 37.2 Å². The molecule has 3 N–H and O–H groups in total. The van der Waals surface area contributed by atoms with Crippen LogP contribution in [0.5, 0.6) is 0 Å². The van der Waals surface area contributed by atoms with Crippen molar-refractivity contribution in [1.82, 2.24) is 20.3 Å². The van der Waals surface area contributed by atoms with Gasteiger partial charge in [-0.3, -0.25) is 4.79 Å². The molecule has 2 unspecified atom stereocenters. The van der Waals surface area contributed by atoms with Crippen molar-refractivity contribution in [1.29, 1.82) is 0 Å². The van der Waals surface area contributed by atoms with Crippen LogP contribution in [0.15, 0.2) is 12.3 Å². The average Bonchev–Trinajstić information content (AvgIpc) is 3.17. The largest absolute Gasteiger partial charge is 0.464 e. The summed E-state index contributed by atoms with van der Waals surface area (Å²) in [4.78, 5) is 49.7. The Morgan fingerprint density at radius 2 is 2.00 bits per heavy atom. The lowest BCUT2D eigenvalue weighted by atomic mass is 9.84. The van der Waals surface area contributed by atoms with Gasteiger partial charge in [0, 0.05) is 39.0 Å². The first-order valence-electron chi connectivity index (χ1n) is 12.7. The van der Waals surface area contributed by atoms with E-state index in [-0.39, 0.29) is 23.9 Å². The van der Waals surface area contributed by atoms with Crippen LogP contribution >= 0.6 is 22.6 Å². The molecule has 0 saturated carbocycles. The smallest absolute Gasteiger partial charge is 0.427 e. The minimum absolute atomic E-state index is 0.0333. The first-order valence-corrected chi connectivity index (χ1v) is 13.8. The maximum Gasteiger partial charge on any atom is 0.427 e. The van der Waals surface area contributed by atoms with Gasteiger partial charge in [-0.2, -0.15) is 0 Å². The molecular weight excluding hydrogens is 621 g/mol. The van der Waals surface area contributed by atoms with Gasteiger partial charge >= 0.3 is 12.2 Å². The number of halogens is 1. The summed E-state index contributed by atoms with van der Waals surface area (Å²) in [6.45, 7) is 11.0. The van der Waals surface area contributed by atoms with Crippen molar-refractivity contribution in [3.63, 3.8) is 0 Å². The lowest BCUT2D eigenvalue weighted by molar-refractivity contribution is -0.0928. The van der Waals surface area contributed by atoms with Gasteiger partial charge in [0.2, 0.25) is 5.95 Å². The number of fused-ring (bicyclic) bond motifs is 1. The fourth-order valence-corrected chi connectivity index (χ4v) is 5.58. The second-order valence-electron chi connectivity index (χ2n) is 11.3. The van der Waals surface area contributed by atoms with E-state index in [9.17, 15) is 19.5 Å². The Bertz CT molecular complexity index is 1250. The number of nitrogens with zero attached hydrogens (tertiary/aromatic N) is 3. The molecule has 12 nitrogen and oxygen atoms in total. The Labute approximate surface area is 240 Å². The topological polar surface area (TPSA) is 156 Å². The van der Waals surface area contributed by atoms with Crippen LogP contribution in [0.25, 0.3) is 0 Å². The highest BCUT2D eigenvalue weighted by atomic mass is 127. The number of H-pyrrole nitrogens is 1. The molecule has 0 radical (unpaired) electrons. The van der Waals surface area contributed by atoms with Crippen molar-refractivity contribution >= 4 is 46.6 Å². The van der Waals surface area contributed by atoms with E-state index < -0.39 is 23.2 Å². The predicted octanol–water partition coefficient (Wildman–Crippen LogP) is 3.98. The Balaban J connectivity index is 1.60. The van der Waals surface area contributed by atoms with E-state index >= 15 is 0 Å². The van der Waals surface area contributed by atoms with Crippen LogP contribution in [0, 0.1) is 3.57 Å². The third-order valence-electron chi connectivity index (χ3n) is 6.54. The van der Waals surface area contributed by atoms with Gasteiger partial charge in [-0.25, -0.2) is 19.6 Å². The third-order valence-corrected chi connectivity index (χ3v) is 7.73. The zero-order chi connectivity index (χ0) is 28.5. The van der Waals surface area contributed by atoms with Gasteiger partial charge in [0.15, 0.2) is 0 Å². The Kier molecular flexibility index (Phi) is 8.52. The van der Waals surface area contributed by atoms with Gasteiger partial charge in [0.1, 0.15) is 5.60 Å². The molecule has 13 heteroatoms. The van der Waals surface area contributed by atoms with E-state index in [4.69, 9.17) is 14.2 Å². The van der Waals surface area contributed by atoms with Crippen molar-refractivity contribution in [2.75, 3.05) is 31.3 Å². The number of aromatic amines is 1. The average molecular weight is 655 g/mol. The van der Waals surface area contributed by atoms with Gasteiger partial charge in [0.25, 0.3) is 5.91 Å². The molecule has 4 rings (SSSR count). The van der Waals surface area contributed by atoms with Gasteiger partial charge in [-0.1, -0.05) is 13.8 Å². The molecule has 2 aliphatic rings. The molecule has 2 aliphatic heterocycles. The Hall–Kier alpha value is -2.78. The van der Waals surface area contributed by atoms with Crippen LogP contribution < -0.4 is 10.2 Å². The van der Waals surface area contributed by atoms with Crippen LogP contribution in [0.1, 0.15) is 74.4 Å². The molecule has 1 fully saturated rings. The van der Waals surface area contributed by atoms with Crippen LogP contribution in [-0.4, -0.2) is 76.2 Å². The molecule has 0 bridgehead atoms. The van der Waals surface area contributed by atoms with E-state index in [1.54, 1.807) is 26.8 Å². The van der Waals surface area contributed by atoms with Crippen LogP contribution in [0.2, 0.25) is 0 Å². The van der Waals surface area contributed by atoms with Gasteiger partial charge in [-0.05, 0) is 62.3 Å². The predicted molar refractivity (Wildman–Crippen MR) is 149 cm³/mol. The fourth-order valence-electron chi connectivity index (χ4n) is 4.72. The molecular formula is C26H34IN5O7. The Morgan fingerprint density at radius 1 is 1.26 bits per heavy atom. The number of hydrogen-bond acceptors (Lipinski definition) is 8. The summed E-state index contributed by atoms with van der Waals surface area (Å²) in [7, 11) is 0. The summed E-state index contributed by atoms with van der Waals surface area (Å²) in [5.74, 6) is -0.360. The SMILES string of the molecule is CC(C)(C)OC(=O)N(C(=O)O)c1nccc(C(C)(C)Cc2[nH]c3c(c2I)C(=O)NCC3CC2COCCO2)n1. The van der Waals surface area contributed by atoms with Gasteiger partial charge in [-0.15, -0.1) is 4.90 Å². The summed E-state index contributed by atoms with van der Waals surface area (Å²) in [6.07, 6.45) is -0.0556. The lowest BCUT2D eigenvalue weighted by Crippen LogP contribution is -2.41. The van der Waals surface area contributed by atoms with E-state index in [2.05, 4.69) is 42.9 Å². The molecule has 0 spiro atoms. The van der Waals surface area contributed by atoms with Crippen LogP contribution in [-0.2, 0) is 26.0 Å². The number of nitrogens with one attached hydrogen (secondary N) is 2. The number of amides is 3.